The molecule has 0 fully saturated rings. The summed E-state index contributed by atoms with van der Waals surface area (Å²) in [7, 11) is 3.42. The van der Waals surface area contributed by atoms with Gasteiger partial charge in [-0.1, -0.05) is 36.4 Å². The number of hydrogen-bond acceptors (Lipinski definition) is 4. The lowest BCUT2D eigenvalue weighted by molar-refractivity contribution is 0.0963. The molecule has 3 aromatic rings. The lowest BCUT2D eigenvalue weighted by atomic mass is 9.96. The van der Waals surface area contributed by atoms with Gasteiger partial charge in [-0.15, -0.1) is 0 Å². The van der Waals surface area contributed by atoms with E-state index in [-0.39, 0.29) is 5.91 Å². The largest absolute Gasteiger partial charge is 0.373 e. The van der Waals surface area contributed by atoms with Gasteiger partial charge in [0.25, 0.3) is 5.91 Å². The fourth-order valence-corrected chi connectivity index (χ4v) is 3.32. The van der Waals surface area contributed by atoms with Crippen molar-refractivity contribution in [3.63, 3.8) is 0 Å². The second-order valence-corrected chi connectivity index (χ2v) is 7.04. The lowest BCUT2D eigenvalue weighted by Gasteiger charge is -2.11. The normalized spacial score (nSPS) is 10.2. The van der Waals surface area contributed by atoms with Gasteiger partial charge in [0.1, 0.15) is 5.82 Å². The fourth-order valence-electron chi connectivity index (χ4n) is 3.12. The molecule has 0 saturated heterocycles. The van der Waals surface area contributed by atoms with Crippen molar-refractivity contribution < 1.29 is 4.79 Å². The summed E-state index contributed by atoms with van der Waals surface area (Å²) in [5, 5.41) is 6.06. The Morgan fingerprint density at radius 3 is 2.60 bits per heavy atom. The number of hydrogen-bond donors (Lipinski definition) is 2. The van der Waals surface area contributed by atoms with Crippen molar-refractivity contribution in [1.82, 2.24) is 15.3 Å². The van der Waals surface area contributed by atoms with Crippen LogP contribution >= 0.6 is 11.6 Å². The van der Waals surface area contributed by atoms with E-state index >= 15 is 0 Å². The van der Waals surface area contributed by atoms with E-state index in [1.165, 1.54) is 0 Å². The SMILES string of the molecule is CCc1nccc(-c2ccc(Cl)c(C(=O)NC)c2)c1C#Cc1ccc(NC)nc1C. The van der Waals surface area contributed by atoms with E-state index in [9.17, 15) is 4.79 Å². The van der Waals surface area contributed by atoms with E-state index in [0.29, 0.717) is 10.6 Å². The number of carbonyl (C=O) groups excluding carboxylic acids is 1. The van der Waals surface area contributed by atoms with E-state index in [0.717, 1.165) is 45.9 Å². The number of pyridine rings is 2. The second-order valence-electron chi connectivity index (χ2n) is 6.64. The van der Waals surface area contributed by atoms with E-state index in [1.807, 2.05) is 45.2 Å². The number of halogens is 1. The van der Waals surface area contributed by atoms with Crippen molar-refractivity contribution in [1.29, 1.82) is 0 Å². The van der Waals surface area contributed by atoms with Crippen molar-refractivity contribution in [2.24, 2.45) is 0 Å². The molecule has 1 amide bonds. The molecule has 2 heterocycles. The van der Waals surface area contributed by atoms with Gasteiger partial charge in [0.15, 0.2) is 0 Å². The number of benzene rings is 1. The van der Waals surface area contributed by atoms with Crippen LogP contribution in [0.1, 0.15) is 39.8 Å². The third-order valence-corrected chi connectivity index (χ3v) is 5.11. The summed E-state index contributed by atoms with van der Waals surface area (Å²) in [6.45, 7) is 3.98. The zero-order chi connectivity index (χ0) is 21.7. The topological polar surface area (TPSA) is 66.9 Å². The standard InChI is InChI=1S/C24H23ClN4O/c1-5-22-19(9-6-16-8-11-23(26-3)29-15(16)2)18(12-13-28-22)17-7-10-21(25)20(14-17)24(30)27-4/h7-8,10-14H,5H2,1-4H3,(H,26,29)(H,27,30). The van der Waals surface area contributed by atoms with Crippen molar-refractivity contribution in [2.75, 3.05) is 19.4 Å². The average Bonchev–Trinajstić information content (AvgIpc) is 2.77. The summed E-state index contributed by atoms with van der Waals surface area (Å²) in [6, 6.07) is 11.2. The number of nitrogens with zero attached hydrogens (tertiary/aromatic N) is 2. The molecule has 3 rings (SSSR count). The number of carbonyl (C=O) groups is 1. The molecule has 0 bridgehead atoms. The number of amides is 1. The summed E-state index contributed by atoms with van der Waals surface area (Å²) >= 11 is 6.23. The van der Waals surface area contributed by atoms with Crippen LogP contribution in [0.25, 0.3) is 11.1 Å². The summed E-state index contributed by atoms with van der Waals surface area (Å²) in [5.74, 6) is 7.11. The quantitative estimate of drug-likeness (QED) is 0.613. The van der Waals surface area contributed by atoms with Crippen LogP contribution < -0.4 is 10.6 Å². The van der Waals surface area contributed by atoms with Gasteiger partial charge in [0.2, 0.25) is 0 Å². The van der Waals surface area contributed by atoms with Gasteiger partial charge in [-0.3, -0.25) is 9.78 Å². The van der Waals surface area contributed by atoms with Gasteiger partial charge in [0.05, 0.1) is 27.5 Å². The van der Waals surface area contributed by atoms with Gasteiger partial charge in [-0.05, 0) is 49.2 Å². The Morgan fingerprint density at radius 1 is 1.13 bits per heavy atom. The molecule has 0 aliphatic rings. The molecule has 1 aromatic carbocycles. The third kappa shape index (κ3) is 4.45. The number of anilines is 1. The van der Waals surface area contributed by atoms with Crippen molar-refractivity contribution >= 4 is 23.3 Å². The minimum atomic E-state index is -0.231. The molecule has 0 radical (unpaired) electrons. The third-order valence-electron chi connectivity index (χ3n) is 4.78. The molecule has 2 N–H and O–H groups in total. The first-order chi connectivity index (χ1) is 14.5. The van der Waals surface area contributed by atoms with Crippen LogP contribution in [0.5, 0.6) is 0 Å². The highest BCUT2D eigenvalue weighted by atomic mass is 35.5. The molecule has 0 saturated carbocycles. The smallest absolute Gasteiger partial charge is 0.252 e. The molecule has 0 aliphatic carbocycles. The zero-order valence-electron chi connectivity index (χ0n) is 17.4. The van der Waals surface area contributed by atoms with Crippen LogP contribution in [0.3, 0.4) is 0 Å². The fraction of sp³-hybridized carbons (Fsp3) is 0.208. The highest BCUT2D eigenvalue weighted by Gasteiger charge is 2.14. The Morgan fingerprint density at radius 2 is 1.93 bits per heavy atom. The first-order valence-electron chi connectivity index (χ1n) is 9.65. The van der Waals surface area contributed by atoms with E-state index in [2.05, 4.69) is 32.4 Å². The molecule has 0 aliphatic heterocycles. The van der Waals surface area contributed by atoms with E-state index < -0.39 is 0 Å². The maximum Gasteiger partial charge on any atom is 0.252 e. The Kier molecular flexibility index (Phi) is 6.71. The van der Waals surface area contributed by atoms with Gasteiger partial charge >= 0.3 is 0 Å². The molecule has 0 atom stereocenters. The summed E-state index contributed by atoms with van der Waals surface area (Å²) in [5.41, 5.74) is 5.64. The Bertz CT molecular complexity index is 1160. The van der Waals surface area contributed by atoms with Crippen molar-refractivity contribution in [3.05, 3.63) is 75.7 Å². The summed E-state index contributed by atoms with van der Waals surface area (Å²) in [4.78, 5) is 21.2. The minimum Gasteiger partial charge on any atom is -0.373 e. The number of rotatable bonds is 4. The molecular formula is C24H23ClN4O. The maximum atomic E-state index is 12.2. The van der Waals surface area contributed by atoms with Crippen molar-refractivity contribution in [3.8, 4) is 23.0 Å². The van der Waals surface area contributed by atoms with Crippen LogP contribution in [0, 0.1) is 18.8 Å². The second kappa shape index (κ2) is 9.43. The monoisotopic (exact) mass is 418 g/mol. The Balaban J connectivity index is 2.14. The van der Waals surface area contributed by atoms with Crippen LogP contribution in [-0.4, -0.2) is 30.0 Å². The molecule has 2 aromatic heterocycles. The highest BCUT2D eigenvalue weighted by molar-refractivity contribution is 6.34. The Labute approximate surface area is 181 Å². The predicted molar refractivity (Wildman–Crippen MR) is 122 cm³/mol. The van der Waals surface area contributed by atoms with Crippen LogP contribution in [-0.2, 0) is 6.42 Å². The summed E-state index contributed by atoms with van der Waals surface area (Å²) < 4.78 is 0. The van der Waals surface area contributed by atoms with Gasteiger partial charge in [-0.2, -0.15) is 0 Å². The lowest BCUT2D eigenvalue weighted by Crippen LogP contribution is -2.18. The average molecular weight is 419 g/mol. The van der Waals surface area contributed by atoms with Crippen LogP contribution in [0.2, 0.25) is 5.02 Å². The number of aryl methyl sites for hydroxylation is 2. The minimum absolute atomic E-state index is 0.231. The first kappa shape index (κ1) is 21.4. The van der Waals surface area contributed by atoms with Crippen LogP contribution in [0.15, 0.2) is 42.6 Å². The predicted octanol–water partition coefficient (Wildman–Crippen LogP) is 4.47. The van der Waals surface area contributed by atoms with Gasteiger partial charge < -0.3 is 10.6 Å². The zero-order valence-corrected chi connectivity index (χ0v) is 18.2. The van der Waals surface area contributed by atoms with E-state index in [1.54, 1.807) is 25.4 Å². The van der Waals surface area contributed by atoms with Crippen LogP contribution in [0.4, 0.5) is 5.82 Å². The molecule has 0 unspecified atom stereocenters. The molecule has 0 spiro atoms. The van der Waals surface area contributed by atoms with E-state index in [4.69, 9.17) is 11.6 Å². The number of aromatic nitrogens is 2. The number of nitrogens with one attached hydrogen (secondary N) is 2. The van der Waals surface area contributed by atoms with Gasteiger partial charge in [-0.25, -0.2) is 4.98 Å². The molecular weight excluding hydrogens is 396 g/mol. The first-order valence-corrected chi connectivity index (χ1v) is 10.0. The Hall–Kier alpha value is -3.36. The summed E-state index contributed by atoms with van der Waals surface area (Å²) in [6.07, 6.45) is 2.51. The molecule has 6 heteroatoms. The maximum absolute atomic E-state index is 12.2. The molecule has 5 nitrogen and oxygen atoms in total. The van der Waals surface area contributed by atoms with Gasteiger partial charge in [0, 0.05) is 31.4 Å². The van der Waals surface area contributed by atoms with Crippen molar-refractivity contribution in [2.45, 2.75) is 20.3 Å². The molecule has 30 heavy (non-hydrogen) atoms. The molecule has 152 valence electrons. The highest BCUT2D eigenvalue weighted by Crippen LogP contribution is 2.29.